The van der Waals surface area contributed by atoms with Crippen LogP contribution in [0.3, 0.4) is 0 Å². The molecule has 2 N–H and O–H groups in total. The Hall–Kier alpha value is -1.23. The molecule has 0 bridgehead atoms. The maximum atomic E-state index is 12.0. The molecule has 1 unspecified atom stereocenters. The lowest BCUT2D eigenvalue weighted by Gasteiger charge is -2.24. The number of benzene rings is 1. The van der Waals surface area contributed by atoms with E-state index in [2.05, 4.69) is 4.74 Å². The van der Waals surface area contributed by atoms with Gasteiger partial charge in [-0.2, -0.15) is 0 Å². The summed E-state index contributed by atoms with van der Waals surface area (Å²) in [5.41, 5.74) is 6.66. The van der Waals surface area contributed by atoms with Gasteiger partial charge in [-0.1, -0.05) is 25.5 Å². The first-order valence-electron chi connectivity index (χ1n) is 5.85. The summed E-state index contributed by atoms with van der Waals surface area (Å²) in [6, 6.07) is 5.85. The highest BCUT2D eigenvalue weighted by atomic mass is 19.4. The molecule has 0 saturated carbocycles. The van der Waals surface area contributed by atoms with Gasteiger partial charge in [-0.25, -0.2) is 0 Å². The van der Waals surface area contributed by atoms with Crippen molar-refractivity contribution in [2.24, 2.45) is 5.73 Å². The van der Waals surface area contributed by atoms with Crippen molar-refractivity contribution in [3.8, 4) is 5.75 Å². The van der Waals surface area contributed by atoms with Crippen molar-refractivity contribution in [1.82, 2.24) is 0 Å². The van der Waals surface area contributed by atoms with Gasteiger partial charge in [-0.15, -0.1) is 13.2 Å². The fourth-order valence-corrected chi connectivity index (χ4v) is 1.93. The molecule has 18 heavy (non-hydrogen) atoms. The minimum Gasteiger partial charge on any atom is -0.406 e. The van der Waals surface area contributed by atoms with E-state index in [-0.39, 0.29) is 11.3 Å². The van der Waals surface area contributed by atoms with Crippen LogP contribution in [0.15, 0.2) is 24.3 Å². The third-order valence-electron chi connectivity index (χ3n) is 2.59. The fourth-order valence-electron chi connectivity index (χ4n) is 1.93. The van der Waals surface area contributed by atoms with Crippen LogP contribution < -0.4 is 10.5 Å². The number of rotatable bonds is 5. The van der Waals surface area contributed by atoms with E-state index in [9.17, 15) is 13.2 Å². The average molecular weight is 261 g/mol. The molecular formula is C13H18F3NO. The maximum Gasteiger partial charge on any atom is 0.573 e. The van der Waals surface area contributed by atoms with Gasteiger partial charge in [0.1, 0.15) is 5.75 Å². The number of ether oxygens (including phenoxy) is 1. The van der Waals surface area contributed by atoms with Crippen LogP contribution in [0.2, 0.25) is 0 Å². The molecule has 0 saturated heterocycles. The first-order valence-corrected chi connectivity index (χ1v) is 5.85. The Morgan fingerprint density at radius 2 is 1.72 bits per heavy atom. The predicted molar refractivity (Wildman–Crippen MR) is 64.3 cm³/mol. The largest absolute Gasteiger partial charge is 0.573 e. The summed E-state index contributed by atoms with van der Waals surface area (Å²) >= 11 is 0. The summed E-state index contributed by atoms with van der Waals surface area (Å²) in [5.74, 6) is -0.208. The lowest BCUT2D eigenvalue weighted by atomic mass is 9.90. The fraction of sp³-hybridized carbons (Fsp3) is 0.538. The second-order valence-electron chi connectivity index (χ2n) is 4.77. The van der Waals surface area contributed by atoms with Crippen molar-refractivity contribution in [3.05, 3.63) is 29.8 Å². The van der Waals surface area contributed by atoms with Crippen LogP contribution in [0, 0.1) is 0 Å². The van der Waals surface area contributed by atoms with Crippen molar-refractivity contribution in [2.45, 2.75) is 45.0 Å². The molecule has 1 aromatic rings. The third-order valence-corrected chi connectivity index (χ3v) is 2.59. The summed E-state index contributed by atoms with van der Waals surface area (Å²) in [6.45, 7) is 3.99. The van der Waals surface area contributed by atoms with Crippen LogP contribution in [0.25, 0.3) is 0 Å². The summed E-state index contributed by atoms with van der Waals surface area (Å²) < 4.78 is 39.7. The molecule has 0 fully saturated rings. The normalized spacial score (nSPS) is 15.2. The standard InChI is InChI=1S/C13H18F3NO/c1-3-8-12(2,17)9-10-4-6-11(7-5-10)18-13(14,15)16/h4-7H,3,8-9,17H2,1-2H3. The number of hydrogen-bond donors (Lipinski definition) is 1. The Bertz CT molecular complexity index is 371. The molecule has 0 heterocycles. The molecule has 1 atom stereocenters. The van der Waals surface area contributed by atoms with E-state index in [0.717, 1.165) is 18.4 Å². The quantitative estimate of drug-likeness (QED) is 0.878. The highest BCUT2D eigenvalue weighted by molar-refractivity contribution is 5.28. The number of halogens is 3. The van der Waals surface area contributed by atoms with E-state index in [1.165, 1.54) is 12.1 Å². The van der Waals surface area contributed by atoms with Gasteiger partial charge in [-0.05, 0) is 37.5 Å². The van der Waals surface area contributed by atoms with Crippen LogP contribution >= 0.6 is 0 Å². The molecule has 0 amide bonds. The van der Waals surface area contributed by atoms with Gasteiger partial charge < -0.3 is 10.5 Å². The first kappa shape index (κ1) is 14.8. The Kier molecular flexibility index (Phi) is 4.62. The Morgan fingerprint density at radius 1 is 1.17 bits per heavy atom. The van der Waals surface area contributed by atoms with Crippen molar-refractivity contribution < 1.29 is 17.9 Å². The van der Waals surface area contributed by atoms with E-state index in [0.29, 0.717) is 6.42 Å². The predicted octanol–water partition coefficient (Wildman–Crippen LogP) is 3.65. The van der Waals surface area contributed by atoms with Crippen molar-refractivity contribution in [2.75, 3.05) is 0 Å². The van der Waals surface area contributed by atoms with E-state index in [1.807, 2.05) is 13.8 Å². The van der Waals surface area contributed by atoms with Gasteiger partial charge in [0.05, 0.1) is 0 Å². The highest BCUT2D eigenvalue weighted by Crippen LogP contribution is 2.24. The lowest BCUT2D eigenvalue weighted by Crippen LogP contribution is -2.38. The Balaban J connectivity index is 2.66. The zero-order valence-corrected chi connectivity index (χ0v) is 10.6. The van der Waals surface area contributed by atoms with Gasteiger partial charge in [0, 0.05) is 5.54 Å². The molecule has 5 heteroatoms. The molecule has 0 aromatic heterocycles. The zero-order chi connectivity index (χ0) is 13.8. The maximum absolute atomic E-state index is 12.0. The van der Waals surface area contributed by atoms with Gasteiger partial charge in [0.15, 0.2) is 0 Å². The van der Waals surface area contributed by atoms with Crippen LogP contribution in [-0.2, 0) is 6.42 Å². The monoisotopic (exact) mass is 261 g/mol. The van der Waals surface area contributed by atoms with Crippen LogP contribution in [0.4, 0.5) is 13.2 Å². The first-order chi connectivity index (χ1) is 8.22. The average Bonchev–Trinajstić information content (AvgIpc) is 2.18. The van der Waals surface area contributed by atoms with E-state index >= 15 is 0 Å². The molecule has 102 valence electrons. The minimum absolute atomic E-state index is 0.208. The molecule has 0 aliphatic rings. The SMILES string of the molecule is CCCC(C)(N)Cc1ccc(OC(F)(F)F)cc1. The second-order valence-corrected chi connectivity index (χ2v) is 4.77. The molecular weight excluding hydrogens is 243 g/mol. The van der Waals surface area contributed by atoms with E-state index in [1.54, 1.807) is 12.1 Å². The van der Waals surface area contributed by atoms with Crippen molar-refractivity contribution in [3.63, 3.8) is 0 Å². The molecule has 0 spiro atoms. The highest BCUT2D eigenvalue weighted by Gasteiger charge is 2.31. The van der Waals surface area contributed by atoms with Gasteiger partial charge >= 0.3 is 6.36 Å². The lowest BCUT2D eigenvalue weighted by molar-refractivity contribution is -0.274. The number of nitrogens with two attached hydrogens (primary N) is 1. The Labute approximate surface area is 105 Å². The van der Waals surface area contributed by atoms with E-state index in [4.69, 9.17) is 5.73 Å². The number of alkyl halides is 3. The Morgan fingerprint density at radius 3 is 2.17 bits per heavy atom. The van der Waals surface area contributed by atoms with Crippen molar-refractivity contribution >= 4 is 0 Å². The molecule has 0 aliphatic heterocycles. The smallest absolute Gasteiger partial charge is 0.406 e. The van der Waals surface area contributed by atoms with Gasteiger partial charge in [0.2, 0.25) is 0 Å². The molecule has 0 aliphatic carbocycles. The topological polar surface area (TPSA) is 35.2 Å². The zero-order valence-electron chi connectivity index (χ0n) is 10.6. The van der Waals surface area contributed by atoms with Crippen LogP contribution in [0.1, 0.15) is 32.3 Å². The van der Waals surface area contributed by atoms with Crippen LogP contribution in [-0.4, -0.2) is 11.9 Å². The van der Waals surface area contributed by atoms with E-state index < -0.39 is 6.36 Å². The number of hydrogen-bond acceptors (Lipinski definition) is 2. The summed E-state index contributed by atoms with van der Waals surface area (Å²) in [6.07, 6.45) is -2.17. The molecule has 1 rings (SSSR count). The molecule has 1 aromatic carbocycles. The second kappa shape index (κ2) is 5.61. The summed E-state index contributed by atoms with van der Waals surface area (Å²) in [4.78, 5) is 0. The summed E-state index contributed by atoms with van der Waals surface area (Å²) in [5, 5.41) is 0. The summed E-state index contributed by atoms with van der Waals surface area (Å²) in [7, 11) is 0. The minimum atomic E-state index is -4.65. The van der Waals surface area contributed by atoms with Gasteiger partial charge in [0.25, 0.3) is 0 Å². The van der Waals surface area contributed by atoms with Gasteiger partial charge in [-0.3, -0.25) is 0 Å². The van der Waals surface area contributed by atoms with Crippen LogP contribution in [0.5, 0.6) is 5.75 Å². The molecule has 2 nitrogen and oxygen atoms in total. The van der Waals surface area contributed by atoms with Crippen molar-refractivity contribution in [1.29, 1.82) is 0 Å². The third kappa shape index (κ3) is 5.40. The molecule has 0 radical (unpaired) electrons.